The molecule has 0 aliphatic carbocycles. The van der Waals surface area contributed by atoms with Crippen LogP contribution in [0, 0.1) is 5.92 Å². The fourth-order valence-corrected chi connectivity index (χ4v) is 2.71. The molecule has 0 heterocycles. The summed E-state index contributed by atoms with van der Waals surface area (Å²) in [6.07, 6.45) is 1.30. The number of rotatable bonds is 7. The minimum atomic E-state index is -3.03. The van der Waals surface area contributed by atoms with Gasteiger partial charge in [0.05, 0.1) is 11.7 Å². The van der Waals surface area contributed by atoms with Crippen LogP contribution in [0.15, 0.2) is 0 Å². The monoisotopic (exact) mass is 222 g/mol. The molecule has 84 valence electrons. The molecule has 1 atom stereocenters. The topological polar surface area (TPSA) is 71.4 Å². The van der Waals surface area contributed by atoms with Crippen LogP contribution in [-0.4, -0.2) is 31.0 Å². The molecule has 0 aromatic heterocycles. The fourth-order valence-electron chi connectivity index (χ4n) is 1.24. The molecule has 14 heavy (non-hydrogen) atoms. The second-order valence-electron chi connectivity index (χ2n) is 3.38. The zero-order valence-corrected chi connectivity index (χ0v) is 9.51. The number of aliphatic carboxylic acids is 1. The maximum absolute atomic E-state index is 11.3. The minimum Gasteiger partial charge on any atom is -0.481 e. The first-order valence-electron chi connectivity index (χ1n) is 4.86. The maximum Gasteiger partial charge on any atom is 0.306 e. The number of carboxylic acids is 1. The van der Waals surface area contributed by atoms with E-state index in [0.29, 0.717) is 12.8 Å². The highest BCUT2D eigenvalue weighted by Gasteiger charge is 2.18. The molecule has 0 aliphatic heterocycles. The van der Waals surface area contributed by atoms with Gasteiger partial charge in [-0.3, -0.25) is 4.79 Å². The van der Waals surface area contributed by atoms with Gasteiger partial charge in [-0.2, -0.15) is 0 Å². The molecule has 5 heteroatoms. The average Bonchev–Trinajstić information content (AvgIpc) is 2.04. The lowest BCUT2D eigenvalue weighted by Crippen LogP contribution is -2.19. The molecule has 0 saturated heterocycles. The van der Waals surface area contributed by atoms with Crippen molar-refractivity contribution in [1.29, 1.82) is 0 Å². The molecular weight excluding hydrogens is 204 g/mol. The molecule has 0 radical (unpaired) electrons. The van der Waals surface area contributed by atoms with Gasteiger partial charge in [0.1, 0.15) is 9.84 Å². The van der Waals surface area contributed by atoms with Crippen LogP contribution in [0.4, 0.5) is 0 Å². The molecule has 0 spiro atoms. The Balaban J connectivity index is 4.09. The number of hydrogen-bond acceptors (Lipinski definition) is 3. The van der Waals surface area contributed by atoms with Crippen molar-refractivity contribution in [2.24, 2.45) is 5.92 Å². The number of hydrogen-bond donors (Lipinski definition) is 1. The van der Waals surface area contributed by atoms with E-state index in [9.17, 15) is 13.2 Å². The van der Waals surface area contributed by atoms with Gasteiger partial charge in [0.25, 0.3) is 0 Å². The summed E-state index contributed by atoms with van der Waals surface area (Å²) in [6.45, 7) is 3.55. The smallest absolute Gasteiger partial charge is 0.306 e. The van der Waals surface area contributed by atoms with E-state index in [2.05, 4.69) is 0 Å². The van der Waals surface area contributed by atoms with Gasteiger partial charge in [-0.15, -0.1) is 0 Å². The Morgan fingerprint density at radius 1 is 1.29 bits per heavy atom. The van der Waals surface area contributed by atoms with E-state index in [4.69, 9.17) is 5.11 Å². The summed E-state index contributed by atoms with van der Waals surface area (Å²) < 4.78 is 22.6. The van der Waals surface area contributed by atoms with E-state index in [1.807, 2.05) is 0 Å². The van der Waals surface area contributed by atoms with Gasteiger partial charge in [-0.05, 0) is 19.3 Å². The first kappa shape index (κ1) is 13.4. The molecule has 0 aromatic carbocycles. The minimum absolute atomic E-state index is 0.00829. The lowest BCUT2D eigenvalue weighted by molar-refractivity contribution is -0.141. The Morgan fingerprint density at radius 2 is 1.86 bits per heavy atom. The molecule has 0 rings (SSSR count). The summed E-state index contributed by atoms with van der Waals surface area (Å²) in [4.78, 5) is 10.6. The summed E-state index contributed by atoms with van der Waals surface area (Å²) >= 11 is 0. The van der Waals surface area contributed by atoms with Gasteiger partial charge < -0.3 is 5.11 Å². The van der Waals surface area contributed by atoms with E-state index in [0.717, 1.165) is 0 Å². The van der Waals surface area contributed by atoms with Crippen LogP contribution in [0.2, 0.25) is 0 Å². The zero-order valence-electron chi connectivity index (χ0n) is 8.69. The van der Waals surface area contributed by atoms with Crippen molar-refractivity contribution in [3.63, 3.8) is 0 Å². The molecule has 0 saturated carbocycles. The maximum atomic E-state index is 11.3. The van der Waals surface area contributed by atoms with Crippen molar-refractivity contribution in [2.45, 2.75) is 33.1 Å². The predicted molar refractivity (Wildman–Crippen MR) is 55.0 cm³/mol. The normalized spacial score (nSPS) is 13.9. The van der Waals surface area contributed by atoms with E-state index in [-0.39, 0.29) is 17.9 Å². The summed E-state index contributed by atoms with van der Waals surface area (Å²) in [5.74, 6) is -1.28. The third kappa shape index (κ3) is 5.21. The second kappa shape index (κ2) is 6.01. The van der Waals surface area contributed by atoms with Crippen LogP contribution < -0.4 is 0 Å². The molecule has 0 fully saturated rings. The van der Waals surface area contributed by atoms with Crippen LogP contribution in [0.3, 0.4) is 0 Å². The number of carboxylic acid groups (broad SMARTS) is 1. The van der Waals surface area contributed by atoms with E-state index in [1.165, 1.54) is 0 Å². The number of carbonyl (C=O) groups is 1. The summed E-state index contributed by atoms with van der Waals surface area (Å²) in [5.41, 5.74) is 0. The van der Waals surface area contributed by atoms with Crippen LogP contribution in [-0.2, 0) is 14.6 Å². The summed E-state index contributed by atoms with van der Waals surface area (Å²) in [6, 6.07) is 0. The Morgan fingerprint density at radius 3 is 2.21 bits per heavy atom. The molecule has 1 N–H and O–H groups in total. The van der Waals surface area contributed by atoms with Crippen molar-refractivity contribution in [1.82, 2.24) is 0 Å². The van der Waals surface area contributed by atoms with Crippen LogP contribution in [0.25, 0.3) is 0 Å². The number of sulfone groups is 1. The van der Waals surface area contributed by atoms with Crippen LogP contribution in [0.1, 0.15) is 33.1 Å². The predicted octanol–water partition coefficient (Wildman–Crippen LogP) is 1.31. The fraction of sp³-hybridized carbons (Fsp3) is 0.889. The van der Waals surface area contributed by atoms with Crippen LogP contribution >= 0.6 is 0 Å². The van der Waals surface area contributed by atoms with Crippen LogP contribution in [0.5, 0.6) is 0 Å². The molecule has 0 amide bonds. The Labute approximate surface area is 85.2 Å². The summed E-state index contributed by atoms with van der Waals surface area (Å²) in [5, 5.41) is 8.71. The lowest BCUT2D eigenvalue weighted by Gasteiger charge is -2.09. The van der Waals surface area contributed by atoms with E-state index in [1.54, 1.807) is 13.8 Å². The van der Waals surface area contributed by atoms with Gasteiger partial charge in [-0.25, -0.2) is 8.42 Å². The molecule has 0 bridgehead atoms. The summed E-state index contributed by atoms with van der Waals surface area (Å²) in [7, 11) is -3.03. The highest BCUT2D eigenvalue weighted by molar-refractivity contribution is 7.91. The van der Waals surface area contributed by atoms with Crippen molar-refractivity contribution in [3.8, 4) is 0 Å². The van der Waals surface area contributed by atoms with Crippen molar-refractivity contribution in [2.75, 3.05) is 11.5 Å². The van der Waals surface area contributed by atoms with Crippen molar-refractivity contribution >= 4 is 15.8 Å². The van der Waals surface area contributed by atoms with E-state index >= 15 is 0 Å². The van der Waals surface area contributed by atoms with Crippen molar-refractivity contribution < 1.29 is 18.3 Å². The first-order valence-corrected chi connectivity index (χ1v) is 6.68. The Hall–Kier alpha value is -0.580. The lowest BCUT2D eigenvalue weighted by atomic mass is 10.0. The molecular formula is C9H18O4S. The molecule has 0 aliphatic rings. The van der Waals surface area contributed by atoms with Gasteiger partial charge in [0, 0.05) is 5.75 Å². The van der Waals surface area contributed by atoms with Gasteiger partial charge in [-0.1, -0.05) is 13.8 Å². The second-order valence-corrected chi connectivity index (χ2v) is 5.69. The third-order valence-electron chi connectivity index (χ3n) is 2.13. The molecule has 0 aromatic rings. The Kier molecular flexibility index (Phi) is 5.76. The zero-order chi connectivity index (χ0) is 11.2. The highest BCUT2D eigenvalue weighted by atomic mass is 32.2. The quantitative estimate of drug-likeness (QED) is 0.705. The SMILES string of the molecule is CCCS(=O)(=O)CCC(CC)C(=O)O. The third-order valence-corrected chi connectivity index (χ3v) is 4.02. The first-order chi connectivity index (χ1) is 6.43. The van der Waals surface area contributed by atoms with Crippen molar-refractivity contribution in [3.05, 3.63) is 0 Å². The van der Waals surface area contributed by atoms with Gasteiger partial charge in [0.2, 0.25) is 0 Å². The largest absolute Gasteiger partial charge is 0.481 e. The van der Waals surface area contributed by atoms with Gasteiger partial charge in [0.15, 0.2) is 0 Å². The van der Waals surface area contributed by atoms with E-state index < -0.39 is 21.7 Å². The standard InChI is InChI=1S/C9H18O4S/c1-3-6-14(12,13)7-5-8(4-2)9(10)11/h8H,3-7H2,1-2H3,(H,10,11). The highest BCUT2D eigenvalue weighted by Crippen LogP contribution is 2.10. The molecule has 4 nitrogen and oxygen atoms in total. The van der Waals surface area contributed by atoms with Gasteiger partial charge >= 0.3 is 5.97 Å². The Bertz CT molecular complexity index is 269. The molecule has 1 unspecified atom stereocenters. The average molecular weight is 222 g/mol.